The van der Waals surface area contributed by atoms with Crippen molar-refractivity contribution in [1.29, 1.82) is 0 Å². The van der Waals surface area contributed by atoms with Gasteiger partial charge in [0.05, 0.1) is 6.61 Å². The van der Waals surface area contributed by atoms with Crippen LogP contribution in [-0.2, 0) is 11.2 Å². The number of benzene rings is 1. The zero-order valence-electron chi connectivity index (χ0n) is 13.8. The first kappa shape index (κ1) is 17.7. The molecular weight excluding hydrogens is 297 g/mol. The zero-order valence-corrected chi connectivity index (χ0v) is 13.8. The third-order valence-corrected chi connectivity index (χ3v) is 4.12. The Morgan fingerprint density at radius 1 is 1.26 bits per heavy atom. The molecule has 0 unspecified atom stereocenters. The molecule has 0 atom stereocenters. The van der Waals surface area contributed by atoms with Crippen molar-refractivity contribution in [3.8, 4) is 0 Å². The minimum atomic E-state index is -0.120. The second-order valence-corrected chi connectivity index (χ2v) is 5.75. The molecule has 1 heterocycles. The Morgan fingerprint density at radius 3 is 2.70 bits per heavy atom. The summed E-state index contributed by atoms with van der Waals surface area (Å²) in [5, 5.41) is 2.84. The van der Waals surface area contributed by atoms with Crippen LogP contribution in [0.4, 0.5) is 9.18 Å². The first-order valence-corrected chi connectivity index (χ1v) is 8.18. The fraction of sp³-hybridized carbons (Fsp3) is 0.588. The number of amides is 2. The molecule has 23 heavy (non-hydrogen) atoms. The summed E-state index contributed by atoms with van der Waals surface area (Å²) in [6, 6.07) is 6.93. The van der Waals surface area contributed by atoms with E-state index in [9.17, 15) is 9.18 Å². The van der Waals surface area contributed by atoms with E-state index in [2.05, 4.69) is 10.2 Å². The third-order valence-electron chi connectivity index (χ3n) is 4.12. The Balaban J connectivity index is 1.63. The second-order valence-electron chi connectivity index (χ2n) is 5.75. The lowest BCUT2D eigenvalue weighted by atomic mass is 10.1. The molecule has 128 valence electrons. The second kappa shape index (κ2) is 9.47. The Hall–Kier alpha value is -1.66. The van der Waals surface area contributed by atoms with E-state index in [1.807, 2.05) is 17.0 Å². The summed E-state index contributed by atoms with van der Waals surface area (Å²) in [4.78, 5) is 16.1. The molecule has 1 saturated heterocycles. The highest BCUT2D eigenvalue weighted by molar-refractivity contribution is 5.74. The molecule has 0 spiro atoms. The standard InChI is InChI=1S/C17H26FN3O2/c1-23-14-8-19-17(22)21-12-10-20(11-13-21)9-4-6-15-5-2-3-7-16(15)18/h2-3,5,7H,4,6,8-14H2,1H3,(H,19,22). The van der Waals surface area contributed by atoms with Crippen molar-refractivity contribution in [2.45, 2.75) is 12.8 Å². The molecule has 1 fully saturated rings. The van der Waals surface area contributed by atoms with Gasteiger partial charge in [0.1, 0.15) is 5.82 Å². The highest BCUT2D eigenvalue weighted by atomic mass is 19.1. The number of hydrogen-bond acceptors (Lipinski definition) is 3. The number of halogens is 1. The largest absolute Gasteiger partial charge is 0.383 e. The molecule has 0 aromatic heterocycles. The van der Waals surface area contributed by atoms with Crippen LogP contribution in [0.25, 0.3) is 0 Å². The van der Waals surface area contributed by atoms with Crippen molar-refractivity contribution in [3.63, 3.8) is 0 Å². The summed E-state index contributed by atoms with van der Waals surface area (Å²) in [6.45, 7) is 5.22. The Kier molecular flexibility index (Phi) is 7.29. The van der Waals surface area contributed by atoms with Crippen LogP contribution in [0.15, 0.2) is 24.3 Å². The van der Waals surface area contributed by atoms with Crippen LogP contribution < -0.4 is 5.32 Å². The highest BCUT2D eigenvalue weighted by Crippen LogP contribution is 2.10. The van der Waals surface area contributed by atoms with Crippen molar-refractivity contribution < 1.29 is 13.9 Å². The minimum Gasteiger partial charge on any atom is -0.383 e. The van der Waals surface area contributed by atoms with E-state index in [4.69, 9.17) is 4.74 Å². The first-order valence-electron chi connectivity index (χ1n) is 8.18. The fourth-order valence-corrected chi connectivity index (χ4v) is 2.74. The molecule has 1 aliphatic heterocycles. The predicted molar refractivity (Wildman–Crippen MR) is 88.0 cm³/mol. The summed E-state index contributed by atoms with van der Waals surface area (Å²) in [6.07, 6.45) is 1.69. The smallest absolute Gasteiger partial charge is 0.317 e. The van der Waals surface area contributed by atoms with Gasteiger partial charge in [0.25, 0.3) is 0 Å². The number of carbonyl (C=O) groups excluding carboxylic acids is 1. The molecule has 1 aliphatic rings. The normalized spacial score (nSPS) is 15.7. The SMILES string of the molecule is COCCNC(=O)N1CCN(CCCc2ccccc2F)CC1. The van der Waals surface area contributed by atoms with Gasteiger partial charge in [-0.15, -0.1) is 0 Å². The van der Waals surface area contributed by atoms with E-state index in [-0.39, 0.29) is 11.8 Å². The molecule has 1 N–H and O–H groups in total. The van der Waals surface area contributed by atoms with Gasteiger partial charge < -0.3 is 15.0 Å². The monoisotopic (exact) mass is 323 g/mol. The average molecular weight is 323 g/mol. The molecule has 0 bridgehead atoms. The summed E-state index contributed by atoms with van der Waals surface area (Å²) in [5.74, 6) is -0.120. The number of ether oxygens (including phenoxy) is 1. The van der Waals surface area contributed by atoms with Gasteiger partial charge in [0.2, 0.25) is 0 Å². The lowest BCUT2D eigenvalue weighted by Gasteiger charge is -2.34. The molecule has 0 radical (unpaired) electrons. The van der Waals surface area contributed by atoms with E-state index in [0.29, 0.717) is 13.2 Å². The van der Waals surface area contributed by atoms with Gasteiger partial charge in [0, 0.05) is 39.8 Å². The van der Waals surface area contributed by atoms with Crippen LogP contribution in [0.1, 0.15) is 12.0 Å². The third kappa shape index (κ3) is 5.80. The summed E-state index contributed by atoms with van der Waals surface area (Å²) in [5.41, 5.74) is 0.781. The van der Waals surface area contributed by atoms with E-state index in [1.165, 1.54) is 6.07 Å². The number of piperazine rings is 1. The number of methoxy groups -OCH3 is 1. The number of carbonyl (C=O) groups is 1. The van der Waals surface area contributed by atoms with Gasteiger partial charge >= 0.3 is 6.03 Å². The van der Waals surface area contributed by atoms with Crippen LogP contribution >= 0.6 is 0 Å². The van der Waals surface area contributed by atoms with Crippen molar-refractivity contribution in [2.24, 2.45) is 0 Å². The van der Waals surface area contributed by atoms with Crippen molar-refractivity contribution in [3.05, 3.63) is 35.6 Å². The molecule has 5 nitrogen and oxygen atoms in total. The van der Waals surface area contributed by atoms with Gasteiger partial charge in [-0.05, 0) is 31.0 Å². The number of hydrogen-bond donors (Lipinski definition) is 1. The van der Waals surface area contributed by atoms with Gasteiger partial charge in [-0.2, -0.15) is 0 Å². The Morgan fingerprint density at radius 2 is 2.00 bits per heavy atom. The number of urea groups is 1. The van der Waals surface area contributed by atoms with Crippen molar-refractivity contribution in [1.82, 2.24) is 15.1 Å². The van der Waals surface area contributed by atoms with Crippen molar-refractivity contribution >= 4 is 6.03 Å². The maximum Gasteiger partial charge on any atom is 0.317 e. The van der Waals surface area contributed by atoms with Crippen LogP contribution in [0.5, 0.6) is 0 Å². The van der Waals surface area contributed by atoms with E-state index in [0.717, 1.165) is 51.1 Å². The number of aryl methyl sites for hydroxylation is 1. The van der Waals surface area contributed by atoms with Gasteiger partial charge in [0.15, 0.2) is 0 Å². The van der Waals surface area contributed by atoms with Gasteiger partial charge in [-0.1, -0.05) is 18.2 Å². The molecular formula is C17H26FN3O2. The summed E-state index contributed by atoms with van der Waals surface area (Å²) >= 11 is 0. The number of rotatable bonds is 7. The Labute approximate surface area is 137 Å². The molecule has 1 aromatic rings. The van der Waals surface area contributed by atoms with Crippen molar-refractivity contribution in [2.75, 3.05) is 53.0 Å². The fourth-order valence-electron chi connectivity index (χ4n) is 2.74. The molecule has 0 saturated carbocycles. The van der Waals surface area contributed by atoms with Crippen LogP contribution in [-0.4, -0.2) is 68.8 Å². The van der Waals surface area contributed by atoms with Gasteiger partial charge in [-0.25, -0.2) is 9.18 Å². The van der Waals surface area contributed by atoms with Crippen LogP contribution in [0.2, 0.25) is 0 Å². The summed E-state index contributed by atoms with van der Waals surface area (Å²) < 4.78 is 18.5. The number of nitrogens with zero attached hydrogens (tertiary/aromatic N) is 2. The van der Waals surface area contributed by atoms with Crippen LogP contribution in [0.3, 0.4) is 0 Å². The topological polar surface area (TPSA) is 44.8 Å². The zero-order chi connectivity index (χ0) is 16.5. The number of nitrogens with one attached hydrogen (secondary N) is 1. The lowest BCUT2D eigenvalue weighted by Crippen LogP contribution is -2.52. The quantitative estimate of drug-likeness (QED) is 0.777. The maximum atomic E-state index is 13.5. The molecule has 0 aliphatic carbocycles. The average Bonchev–Trinajstić information content (AvgIpc) is 2.57. The van der Waals surface area contributed by atoms with E-state index < -0.39 is 0 Å². The van der Waals surface area contributed by atoms with E-state index >= 15 is 0 Å². The van der Waals surface area contributed by atoms with Gasteiger partial charge in [-0.3, -0.25) is 4.90 Å². The lowest BCUT2D eigenvalue weighted by molar-refractivity contribution is 0.135. The molecule has 2 amide bonds. The minimum absolute atomic E-state index is 0.0203. The van der Waals surface area contributed by atoms with Crippen LogP contribution in [0, 0.1) is 5.82 Å². The molecule has 2 rings (SSSR count). The first-order chi connectivity index (χ1) is 11.2. The summed E-state index contributed by atoms with van der Waals surface area (Å²) in [7, 11) is 1.62. The predicted octanol–water partition coefficient (Wildman–Crippen LogP) is 1.73. The molecule has 1 aromatic carbocycles. The Bertz CT molecular complexity index is 490. The molecule has 6 heteroatoms. The highest BCUT2D eigenvalue weighted by Gasteiger charge is 2.20. The van der Waals surface area contributed by atoms with E-state index in [1.54, 1.807) is 13.2 Å². The maximum absolute atomic E-state index is 13.5.